The molecule has 0 aromatic carbocycles. The van der Waals surface area contributed by atoms with Crippen LogP contribution in [0.5, 0.6) is 0 Å². The lowest BCUT2D eigenvalue weighted by Crippen LogP contribution is -2.29. The molecular formula is C13H19N5. The Hall–Kier alpha value is -1.72. The summed E-state index contributed by atoms with van der Waals surface area (Å²) in [5, 5.41) is 4.16. The Bertz CT molecular complexity index is 506. The Labute approximate surface area is 107 Å². The van der Waals surface area contributed by atoms with Gasteiger partial charge in [0.15, 0.2) is 0 Å². The van der Waals surface area contributed by atoms with Crippen LogP contribution < -0.4 is 11.3 Å². The second-order valence-corrected chi connectivity index (χ2v) is 4.46. The van der Waals surface area contributed by atoms with Gasteiger partial charge in [-0.25, -0.2) is 0 Å². The third-order valence-electron chi connectivity index (χ3n) is 3.11. The molecule has 5 heteroatoms. The molecule has 2 heterocycles. The van der Waals surface area contributed by atoms with E-state index in [1.807, 2.05) is 36.3 Å². The van der Waals surface area contributed by atoms with Gasteiger partial charge in [0.2, 0.25) is 0 Å². The zero-order valence-corrected chi connectivity index (χ0v) is 10.8. The summed E-state index contributed by atoms with van der Waals surface area (Å²) in [5.41, 5.74) is 6.21. The fraction of sp³-hybridized carbons (Fsp3) is 0.385. The highest BCUT2D eigenvalue weighted by atomic mass is 15.3. The minimum absolute atomic E-state index is 0.0693. The van der Waals surface area contributed by atoms with Crippen LogP contribution in [0.25, 0.3) is 0 Å². The number of aryl methyl sites for hydroxylation is 3. The summed E-state index contributed by atoms with van der Waals surface area (Å²) in [7, 11) is 1.95. The first-order chi connectivity index (χ1) is 8.70. The number of hydrazine groups is 1. The number of nitrogens with zero attached hydrogens (tertiary/aromatic N) is 3. The van der Waals surface area contributed by atoms with E-state index in [2.05, 4.69) is 28.5 Å². The predicted molar refractivity (Wildman–Crippen MR) is 70.6 cm³/mol. The summed E-state index contributed by atoms with van der Waals surface area (Å²) in [6.45, 7) is 2.06. The van der Waals surface area contributed by atoms with Gasteiger partial charge < -0.3 is 0 Å². The summed E-state index contributed by atoms with van der Waals surface area (Å²) in [4.78, 5) is 4.37. The van der Waals surface area contributed by atoms with E-state index in [1.165, 1.54) is 11.3 Å². The van der Waals surface area contributed by atoms with Crippen molar-refractivity contribution >= 4 is 0 Å². The van der Waals surface area contributed by atoms with Crippen molar-refractivity contribution in [2.24, 2.45) is 12.9 Å². The van der Waals surface area contributed by atoms with Crippen molar-refractivity contribution in [3.8, 4) is 0 Å². The van der Waals surface area contributed by atoms with Gasteiger partial charge in [-0.2, -0.15) is 5.10 Å². The molecule has 0 saturated heterocycles. The summed E-state index contributed by atoms with van der Waals surface area (Å²) < 4.78 is 1.89. The molecule has 1 atom stereocenters. The molecule has 5 nitrogen and oxygen atoms in total. The highest BCUT2D eigenvalue weighted by Gasteiger charge is 2.12. The molecule has 0 aliphatic heterocycles. The van der Waals surface area contributed by atoms with E-state index in [4.69, 9.17) is 5.84 Å². The fourth-order valence-corrected chi connectivity index (χ4v) is 2.01. The van der Waals surface area contributed by atoms with Crippen molar-refractivity contribution in [3.05, 3.63) is 47.5 Å². The first-order valence-corrected chi connectivity index (χ1v) is 6.06. The van der Waals surface area contributed by atoms with Gasteiger partial charge in [-0.3, -0.25) is 20.9 Å². The maximum absolute atomic E-state index is 5.62. The monoisotopic (exact) mass is 245 g/mol. The zero-order valence-electron chi connectivity index (χ0n) is 10.8. The largest absolute Gasteiger partial charge is 0.273 e. The van der Waals surface area contributed by atoms with Crippen LogP contribution in [0.1, 0.15) is 29.4 Å². The summed E-state index contributed by atoms with van der Waals surface area (Å²) >= 11 is 0. The lowest BCUT2D eigenvalue weighted by atomic mass is 10.1. The fourth-order valence-electron chi connectivity index (χ4n) is 2.01. The van der Waals surface area contributed by atoms with Crippen molar-refractivity contribution in [1.29, 1.82) is 0 Å². The van der Waals surface area contributed by atoms with E-state index in [-0.39, 0.29) is 6.04 Å². The topological polar surface area (TPSA) is 68.8 Å². The van der Waals surface area contributed by atoms with E-state index < -0.39 is 0 Å². The number of aromatic nitrogens is 3. The maximum Gasteiger partial charge on any atom is 0.0636 e. The number of pyridine rings is 1. The third-order valence-corrected chi connectivity index (χ3v) is 3.11. The van der Waals surface area contributed by atoms with E-state index in [0.29, 0.717) is 0 Å². The van der Waals surface area contributed by atoms with Crippen LogP contribution in [-0.2, 0) is 13.5 Å². The third kappa shape index (κ3) is 2.94. The molecule has 0 radical (unpaired) electrons. The molecule has 0 spiro atoms. The van der Waals surface area contributed by atoms with Crippen molar-refractivity contribution in [3.63, 3.8) is 0 Å². The van der Waals surface area contributed by atoms with Crippen molar-refractivity contribution < 1.29 is 0 Å². The van der Waals surface area contributed by atoms with Gasteiger partial charge in [0.05, 0.1) is 11.7 Å². The lowest BCUT2D eigenvalue weighted by Gasteiger charge is -2.15. The molecule has 1 unspecified atom stereocenters. The molecule has 3 N–H and O–H groups in total. The smallest absolute Gasteiger partial charge is 0.0636 e. The van der Waals surface area contributed by atoms with Gasteiger partial charge in [-0.05, 0) is 43.5 Å². The highest BCUT2D eigenvalue weighted by Crippen LogP contribution is 2.17. The van der Waals surface area contributed by atoms with Gasteiger partial charge in [0, 0.05) is 25.1 Å². The molecule has 0 fully saturated rings. The molecule has 0 bridgehead atoms. The predicted octanol–water partition coefficient (Wildman–Crippen LogP) is 1.26. The first kappa shape index (κ1) is 12.7. The van der Waals surface area contributed by atoms with Gasteiger partial charge in [-0.1, -0.05) is 0 Å². The van der Waals surface area contributed by atoms with Crippen molar-refractivity contribution in [2.75, 3.05) is 0 Å². The second kappa shape index (κ2) is 5.75. The molecule has 0 saturated carbocycles. The summed E-state index contributed by atoms with van der Waals surface area (Å²) in [6, 6.07) is 6.14. The number of nitrogens with one attached hydrogen (secondary N) is 1. The molecule has 2 aromatic rings. The molecule has 2 aromatic heterocycles. The van der Waals surface area contributed by atoms with Crippen molar-refractivity contribution in [2.45, 2.75) is 25.8 Å². The molecule has 2 rings (SSSR count). The average molecular weight is 245 g/mol. The van der Waals surface area contributed by atoms with E-state index in [0.717, 1.165) is 18.5 Å². The van der Waals surface area contributed by atoms with Gasteiger partial charge in [0.1, 0.15) is 0 Å². The molecule has 0 aliphatic rings. The Morgan fingerprint density at radius 2 is 2.22 bits per heavy atom. The van der Waals surface area contributed by atoms with Crippen molar-refractivity contribution in [1.82, 2.24) is 20.2 Å². The van der Waals surface area contributed by atoms with E-state index in [1.54, 1.807) is 0 Å². The minimum atomic E-state index is 0.0693. The number of rotatable bonds is 5. The molecule has 18 heavy (non-hydrogen) atoms. The van der Waals surface area contributed by atoms with Crippen LogP contribution in [-0.4, -0.2) is 14.8 Å². The quantitative estimate of drug-likeness (QED) is 0.614. The number of nitrogens with two attached hydrogens (primary N) is 1. The molecular weight excluding hydrogens is 226 g/mol. The standard InChI is InChI=1S/C13H19N5/c1-10-5-7-15-13(9-10)12(17-14)4-3-11-6-8-16-18(11)2/h5-9,12,17H,3-4,14H2,1-2H3. The Kier molecular flexibility index (Phi) is 4.07. The van der Waals surface area contributed by atoms with E-state index >= 15 is 0 Å². The Balaban J connectivity index is 2.04. The van der Waals surface area contributed by atoms with Crippen LogP contribution in [0, 0.1) is 6.92 Å². The SMILES string of the molecule is Cc1ccnc(C(CCc2ccnn2C)NN)c1. The minimum Gasteiger partial charge on any atom is -0.273 e. The van der Waals surface area contributed by atoms with Gasteiger partial charge in [0.25, 0.3) is 0 Å². The van der Waals surface area contributed by atoms with Gasteiger partial charge in [-0.15, -0.1) is 0 Å². The normalized spacial score (nSPS) is 12.6. The highest BCUT2D eigenvalue weighted by molar-refractivity contribution is 5.17. The maximum atomic E-state index is 5.62. The van der Waals surface area contributed by atoms with E-state index in [9.17, 15) is 0 Å². The summed E-state index contributed by atoms with van der Waals surface area (Å²) in [5.74, 6) is 5.62. The molecule has 0 aliphatic carbocycles. The Morgan fingerprint density at radius 3 is 2.83 bits per heavy atom. The van der Waals surface area contributed by atoms with Crippen LogP contribution in [0.2, 0.25) is 0 Å². The van der Waals surface area contributed by atoms with Crippen LogP contribution in [0.4, 0.5) is 0 Å². The molecule has 0 amide bonds. The summed E-state index contributed by atoms with van der Waals surface area (Å²) in [6.07, 6.45) is 5.44. The average Bonchev–Trinajstić information content (AvgIpc) is 2.76. The zero-order chi connectivity index (χ0) is 13.0. The van der Waals surface area contributed by atoms with Crippen LogP contribution in [0.3, 0.4) is 0 Å². The first-order valence-electron chi connectivity index (χ1n) is 6.06. The lowest BCUT2D eigenvalue weighted by molar-refractivity contribution is 0.495. The van der Waals surface area contributed by atoms with Crippen LogP contribution >= 0.6 is 0 Å². The Morgan fingerprint density at radius 1 is 1.39 bits per heavy atom. The number of hydrogen-bond donors (Lipinski definition) is 2. The van der Waals surface area contributed by atoms with Gasteiger partial charge >= 0.3 is 0 Å². The number of hydrogen-bond acceptors (Lipinski definition) is 4. The van der Waals surface area contributed by atoms with Crippen LogP contribution in [0.15, 0.2) is 30.6 Å². The molecule has 96 valence electrons. The second-order valence-electron chi connectivity index (χ2n) is 4.46.